The first-order chi connectivity index (χ1) is 9.61. The number of carbonyl (C=O) groups is 1. The first-order valence-corrected chi connectivity index (χ1v) is 7.25. The number of hydrogen-bond acceptors (Lipinski definition) is 5. The van der Waals surface area contributed by atoms with Crippen molar-refractivity contribution in [3.63, 3.8) is 0 Å². The number of likely N-dealkylation sites (tertiary alicyclic amines) is 1. The predicted molar refractivity (Wildman–Crippen MR) is 72.3 cm³/mol. The van der Waals surface area contributed by atoms with Gasteiger partial charge in [-0.05, 0) is 32.4 Å². The first-order valence-electron chi connectivity index (χ1n) is 7.25. The summed E-state index contributed by atoms with van der Waals surface area (Å²) in [6.45, 7) is 4.66. The lowest BCUT2D eigenvalue weighted by atomic mass is 9.91. The minimum absolute atomic E-state index is 0.136. The van der Waals surface area contributed by atoms with Crippen LogP contribution in [0.4, 0.5) is 0 Å². The second kappa shape index (κ2) is 5.14. The van der Waals surface area contributed by atoms with Crippen LogP contribution in [0, 0.1) is 0 Å². The molecule has 0 aliphatic carbocycles. The molecule has 0 bridgehead atoms. The molecule has 3 rings (SSSR count). The molecule has 0 saturated carbocycles. The highest BCUT2D eigenvalue weighted by molar-refractivity contribution is 5.92. The van der Waals surface area contributed by atoms with Gasteiger partial charge in [0, 0.05) is 0 Å². The van der Waals surface area contributed by atoms with Crippen LogP contribution in [0.1, 0.15) is 42.7 Å². The van der Waals surface area contributed by atoms with E-state index in [1.54, 1.807) is 15.8 Å². The van der Waals surface area contributed by atoms with Gasteiger partial charge < -0.3 is 15.3 Å². The fraction of sp³-hybridized carbons (Fsp3) is 0.769. The Kier molecular flexibility index (Phi) is 3.47. The minimum Gasteiger partial charge on any atom is -0.386 e. The van der Waals surface area contributed by atoms with E-state index >= 15 is 0 Å². The molecule has 7 nitrogen and oxygen atoms in total. The summed E-state index contributed by atoms with van der Waals surface area (Å²) in [4.78, 5) is 13.8. The SMILES string of the molecule is CCC1(O)CN(C(=O)c2cn(C3CCNCC3)nn2)C1. The quantitative estimate of drug-likeness (QED) is 0.800. The average molecular weight is 279 g/mol. The van der Waals surface area contributed by atoms with Gasteiger partial charge in [0.05, 0.1) is 30.9 Å². The number of piperidine rings is 1. The summed E-state index contributed by atoms with van der Waals surface area (Å²) in [5.74, 6) is -0.136. The molecule has 0 aromatic carbocycles. The molecule has 2 saturated heterocycles. The molecule has 0 spiro atoms. The van der Waals surface area contributed by atoms with E-state index in [9.17, 15) is 9.90 Å². The van der Waals surface area contributed by atoms with E-state index < -0.39 is 5.60 Å². The standard InChI is InChI=1S/C13H21N5O2/c1-2-13(20)8-17(9-13)12(19)11-7-18(16-15-11)10-3-5-14-6-4-10/h7,10,14,20H,2-6,8-9H2,1H3. The molecule has 2 fully saturated rings. The van der Waals surface area contributed by atoms with Crippen molar-refractivity contribution < 1.29 is 9.90 Å². The normalized spacial score (nSPS) is 22.6. The largest absolute Gasteiger partial charge is 0.386 e. The average Bonchev–Trinajstić information content (AvgIpc) is 2.94. The molecule has 1 aromatic rings. The molecule has 2 N–H and O–H groups in total. The number of aliphatic hydroxyl groups is 1. The van der Waals surface area contributed by atoms with Crippen LogP contribution in [0.2, 0.25) is 0 Å². The highest BCUT2D eigenvalue weighted by atomic mass is 16.3. The number of aromatic nitrogens is 3. The molecule has 7 heteroatoms. The number of nitrogens with one attached hydrogen (secondary N) is 1. The van der Waals surface area contributed by atoms with Gasteiger partial charge in [0.25, 0.3) is 5.91 Å². The van der Waals surface area contributed by atoms with E-state index in [2.05, 4.69) is 15.6 Å². The third-order valence-electron chi connectivity index (χ3n) is 4.33. The summed E-state index contributed by atoms with van der Waals surface area (Å²) in [7, 11) is 0. The molecule has 1 amide bonds. The zero-order valence-electron chi connectivity index (χ0n) is 11.7. The van der Waals surface area contributed by atoms with Crippen molar-refractivity contribution in [2.45, 2.75) is 37.8 Å². The molecule has 110 valence electrons. The molecular weight excluding hydrogens is 258 g/mol. The van der Waals surface area contributed by atoms with Gasteiger partial charge in [0.15, 0.2) is 5.69 Å². The Labute approximate surface area is 117 Å². The molecule has 0 radical (unpaired) electrons. The third-order valence-corrected chi connectivity index (χ3v) is 4.33. The fourth-order valence-corrected chi connectivity index (χ4v) is 2.82. The Morgan fingerprint density at radius 2 is 2.20 bits per heavy atom. The van der Waals surface area contributed by atoms with Crippen molar-refractivity contribution in [1.29, 1.82) is 0 Å². The third kappa shape index (κ3) is 2.43. The fourth-order valence-electron chi connectivity index (χ4n) is 2.82. The first kappa shape index (κ1) is 13.5. The van der Waals surface area contributed by atoms with Gasteiger partial charge in [-0.1, -0.05) is 12.1 Å². The topological polar surface area (TPSA) is 83.3 Å². The number of amides is 1. The highest BCUT2D eigenvalue weighted by Crippen LogP contribution is 2.25. The van der Waals surface area contributed by atoms with Crippen LogP contribution in [-0.4, -0.2) is 62.7 Å². The molecule has 2 aliphatic rings. The van der Waals surface area contributed by atoms with Crippen molar-refractivity contribution in [2.75, 3.05) is 26.2 Å². The molecule has 0 atom stereocenters. The number of hydrogen-bond donors (Lipinski definition) is 2. The lowest BCUT2D eigenvalue weighted by molar-refractivity contribution is -0.0828. The van der Waals surface area contributed by atoms with Gasteiger partial charge >= 0.3 is 0 Å². The summed E-state index contributed by atoms with van der Waals surface area (Å²) in [5, 5.41) is 21.3. The highest BCUT2D eigenvalue weighted by Gasteiger charge is 2.42. The minimum atomic E-state index is -0.708. The van der Waals surface area contributed by atoms with Crippen molar-refractivity contribution in [3.8, 4) is 0 Å². The van der Waals surface area contributed by atoms with Crippen molar-refractivity contribution >= 4 is 5.91 Å². The maximum absolute atomic E-state index is 12.2. The van der Waals surface area contributed by atoms with Gasteiger partial charge in [-0.15, -0.1) is 5.10 Å². The number of carbonyl (C=O) groups excluding carboxylic acids is 1. The molecule has 1 aromatic heterocycles. The Hall–Kier alpha value is -1.47. The van der Waals surface area contributed by atoms with Gasteiger partial charge in [0.2, 0.25) is 0 Å². The molecule has 2 aliphatic heterocycles. The Morgan fingerprint density at radius 3 is 2.85 bits per heavy atom. The lowest BCUT2D eigenvalue weighted by Crippen LogP contribution is -2.63. The van der Waals surface area contributed by atoms with E-state index in [0.29, 0.717) is 31.2 Å². The molecule has 0 unspecified atom stereocenters. The van der Waals surface area contributed by atoms with E-state index in [1.165, 1.54) is 0 Å². The molecule has 20 heavy (non-hydrogen) atoms. The van der Waals surface area contributed by atoms with Gasteiger partial charge in [-0.2, -0.15) is 0 Å². The van der Waals surface area contributed by atoms with Crippen LogP contribution in [-0.2, 0) is 0 Å². The summed E-state index contributed by atoms with van der Waals surface area (Å²) in [6, 6.07) is 0.328. The van der Waals surface area contributed by atoms with Gasteiger partial charge in [-0.25, -0.2) is 4.68 Å². The number of rotatable bonds is 3. The lowest BCUT2D eigenvalue weighted by Gasteiger charge is -2.45. The molecule has 3 heterocycles. The maximum Gasteiger partial charge on any atom is 0.276 e. The van der Waals surface area contributed by atoms with Gasteiger partial charge in [0.1, 0.15) is 0 Å². The Balaban J connectivity index is 1.63. The summed E-state index contributed by atoms with van der Waals surface area (Å²) >= 11 is 0. The Morgan fingerprint density at radius 1 is 1.50 bits per heavy atom. The van der Waals surface area contributed by atoms with E-state index in [0.717, 1.165) is 25.9 Å². The number of nitrogens with zero attached hydrogens (tertiary/aromatic N) is 4. The second-order valence-electron chi connectivity index (χ2n) is 5.80. The van der Waals surface area contributed by atoms with Crippen LogP contribution >= 0.6 is 0 Å². The van der Waals surface area contributed by atoms with Crippen LogP contribution in [0.25, 0.3) is 0 Å². The summed E-state index contributed by atoms with van der Waals surface area (Å²) < 4.78 is 1.81. The van der Waals surface area contributed by atoms with E-state index in [4.69, 9.17) is 0 Å². The number of β-amino-alcohol motifs (C(OH)–C–C–N with tert-alkyl or cyclic N) is 1. The van der Waals surface area contributed by atoms with Crippen LogP contribution in [0.3, 0.4) is 0 Å². The smallest absolute Gasteiger partial charge is 0.276 e. The van der Waals surface area contributed by atoms with Crippen molar-refractivity contribution in [1.82, 2.24) is 25.2 Å². The van der Waals surface area contributed by atoms with Gasteiger partial charge in [-0.3, -0.25) is 4.79 Å². The van der Waals surface area contributed by atoms with Crippen molar-refractivity contribution in [2.24, 2.45) is 0 Å². The van der Waals surface area contributed by atoms with E-state index in [1.807, 2.05) is 6.92 Å². The zero-order valence-corrected chi connectivity index (χ0v) is 11.7. The predicted octanol–water partition coefficient (Wildman–Crippen LogP) is -0.201. The summed E-state index contributed by atoms with van der Waals surface area (Å²) in [5.41, 5.74) is -0.331. The maximum atomic E-state index is 12.2. The van der Waals surface area contributed by atoms with Crippen LogP contribution in [0.15, 0.2) is 6.20 Å². The van der Waals surface area contributed by atoms with E-state index in [-0.39, 0.29) is 5.91 Å². The van der Waals surface area contributed by atoms with Crippen LogP contribution in [0.5, 0.6) is 0 Å². The summed E-state index contributed by atoms with van der Waals surface area (Å²) in [6.07, 6.45) is 4.42. The Bertz CT molecular complexity index is 489. The zero-order chi connectivity index (χ0) is 14.2. The monoisotopic (exact) mass is 279 g/mol. The molecular formula is C13H21N5O2. The van der Waals surface area contributed by atoms with Crippen molar-refractivity contribution in [3.05, 3.63) is 11.9 Å². The van der Waals surface area contributed by atoms with Crippen LogP contribution < -0.4 is 5.32 Å². The second-order valence-corrected chi connectivity index (χ2v) is 5.80.